The molecular formula is C57H45Cl6N11O3. The quantitative estimate of drug-likeness (QED) is 0.125. The number of nitrogens with zero attached hydrogens (tertiary/aromatic N) is 10. The molecule has 14 rings (SSSR count). The summed E-state index contributed by atoms with van der Waals surface area (Å²) in [4.78, 5) is 15.2. The first-order chi connectivity index (χ1) is 37.5. The molecule has 2 bridgehead atoms. The van der Waals surface area contributed by atoms with Crippen LogP contribution in [-0.2, 0) is 19.3 Å². The zero-order valence-electron chi connectivity index (χ0n) is 40.7. The molecule has 20 heteroatoms. The second-order valence-electron chi connectivity index (χ2n) is 20.5. The van der Waals surface area contributed by atoms with Crippen LogP contribution in [0, 0.1) is 11.8 Å². The Morgan fingerprint density at radius 3 is 1.40 bits per heavy atom. The number of hydrogen-bond donors (Lipinski definition) is 1. The van der Waals surface area contributed by atoms with Crippen molar-refractivity contribution in [2.24, 2.45) is 11.8 Å². The van der Waals surface area contributed by atoms with Gasteiger partial charge in [0.15, 0.2) is 0 Å². The van der Waals surface area contributed by atoms with E-state index in [0.717, 1.165) is 63.3 Å². The van der Waals surface area contributed by atoms with E-state index in [1.807, 2.05) is 109 Å². The Labute approximate surface area is 472 Å². The fourth-order valence-electron chi connectivity index (χ4n) is 13.3. The third-order valence-electron chi connectivity index (χ3n) is 16.4. The van der Waals surface area contributed by atoms with Crippen molar-refractivity contribution < 1.29 is 14.2 Å². The molecule has 9 atom stereocenters. The zero-order chi connectivity index (χ0) is 52.1. The topological polar surface area (TPSA) is 135 Å². The van der Waals surface area contributed by atoms with Gasteiger partial charge in [-0.15, -0.1) is 0 Å². The lowest BCUT2D eigenvalue weighted by Gasteiger charge is -2.57. The van der Waals surface area contributed by atoms with Crippen molar-refractivity contribution in [3.8, 4) is 34.3 Å². The molecule has 2 fully saturated rings. The number of benzene rings is 6. The van der Waals surface area contributed by atoms with Gasteiger partial charge in [-0.05, 0) is 169 Å². The summed E-state index contributed by atoms with van der Waals surface area (Å²) in [5.74, 6) is 1.64. The number of likely N-dealkylation sites (tertiary alicyclic amines) is 1. The average Bonchev–Trinajstić information content (AvgIpc) is 4.48. The van der Waals surface area contributed by atoms with Gasteiger partial charge in [0.2, 0.25) is 0 Å². The van der Waals surface area contributed by atoms with Crippen molar-refractivity contribution in [1.29, 1.82) is 0 Å². The first kappa shape index (κ1) is 49.1. The number of nitrogens with one attached hydrogen (secondary N) is 1. The summed E-state index contributed by atoms with van der Waals surface area (Å²) in [5, 5.41) is 20.8. The predicted molar refractivity (Wildman–Crippen MR) is 295 cm³/mol. The van der Waals surface area contributed by atoms with E-state index in [9.17, 15) is 0 Å². The molecule has 2 aliphatic heterocycles. The standard InChI is InChI=1S/C57H45Cl6N11O3/c58-31-15-44-41(49(61)18-31)21-47(53(44)75-38-7-1-35(2-8-38)72-28-64-25-67-72)56-57(48-22-42-45(16-32(59)19-50(42)62)54(48)76-39-9-3-36(4-10-39)73-29-65-26-68-73)14-13-34(70-57)24-71(56)52-23-43-46(17-33(60)20-51(43)63)55(52)77-40-11-5-37(6-12-40)74-30-66-27-69-74/h1-12,15-20,25-30,34,47-48,52-56,70H,13-14,21-24H2/t34?,47-,48-,52+,53-,54-,55-,56?,57?/m1/s1. The van der Waals surface area contributed by atoms with Crippen LogP contribution in [0.15, 0.2) is 147 Å². The highest BCUT2D eigenvalue weighted by atomic mass is 35.5. The van der Waals surface area contributed by atoms with Crippen LogP contribution in [0.5, 0.6) is 17.2 Å². The van der Waals surface area contributed by atoms with Crippen molar-refractivity contribution >= 4 is 69.6 Å². The number of fused-ring (bicyclic) bond motifs is 5. The van der Waals surface area contributed by atoms with Gasteiger partial charge >= 0.3 is 0 Å². The monoisotopic (exact) mass is 1140 g/mol. The van der Waals surface area contributed by atoms with Gasteiger partial charge in [-0.25, -0.2) is 29.0 Å². The van der Waals surface area contributed by atoms with Gasteiger partial charge < -0.3 is 19.5 Å². The SMILES string of the molecule is Clc1cc(Cl)c2c(c1)[C@@H](Oc1ccc(-n3cncn3)cc1)[C@H](C13CCC(CN([C@H]4Cc5c(Cl)cc(Cl)cc5[C@H]4Oc4ccc(-n5cncn5)cc4)C1[C@@H]1Cc4c(Cl)cc(Cl)cc4[C@H]1Oc1ccc(-n4cncn4)cc1)N3)C2. The summed E-state index contributed by atoms with van der Waals surface area (Å²) in [6, 6.07) is 34.9. The van der Waals surface area contributed by atoms with E-state index in [1.54, 1.807) is 33.0 Å². The normalized spacial score (nSPS) is 25.2. The predicted octanol–water partition coefficient (Wildman–Crippen LogP) is 12.6. The number of hydrogen-bond acceptors (Lipinski definition) is 11. The minimum absolute atomic E-state index is 0.0903. The molecule has 0 spiro atoms. The van der Waals surface area contributed by atoms with E-state index in [2.05, 4.69) is 40.5 Å². The molecule has 1 N–H and O–H groups in total. The summed E-state index contributed by atoms with van der Waals surface area (Å²) in [5.41, 5.74) is 7.75. The number of rotatable bonds is 12. The molecule has 0 saturated carbocycles. The van der Waals surface area contributed by atoms with E-state index in [4.69, 9.17) is 83.8 Å². The maximum atomic E-state index is 7.42. The number of aromatic nitrogens is 9. The van der Waals surface area contributed by atoms with Crippen LogP contribution in [-0.4, -0.2) is 79.4 Å². The molecule has 3 aliphatic carbocycles. The number of ether oxygens (including phenoxy) is 3. The Balaban J connectivity index is 0.928. The largest absolute Gasteiger partial charge is 0.485 e. The molecule has 2 saturated heterocycles. The Morgan fingerprint density at radius 1 is 0.494 bits per heavy atom. The first-order valence-electron chi connectivity index (χ1n) is 25.4. The molecular weight excluding hydrogens is 1100 g/mol. The molecule has 0 amide bonds. The summed E-state index contributed by atoms with van der Waals surface area (Å²) in [7, 11) is 0. The molecule has 5 heterocycles. The lowest BCUT2D eigenvalue weighted by atomic mass is 9.67. The third-order valence-corrected chi connectivity index (χ3v) is 18.1. The highest BCUT2D eigenvalue weighted by Gasteiger charge is 2.65. The molecule has 0 radical (unpaired) electrons. The fourth-order valence-corrected chi connectivity index (χ4v) is 15.1. The van der Waals surface area contributed by atoms with Crippen LogP contribution in [0.3, 0.4) is 0 Å². The molecule has 9 aromatic rings. The van der Waals surface area contributed by atoms with Gasteiger partial charge in [0.05, 0.1) is 23.1 Å². The highest BCUT2D eigenvalue weighted by molar-refractivity contribution is 6.36. The third kappa shape index (κ3) is 8.72. The van der Waals surface area contributed by atoms with Gasteiger partial charge in [0, 0.05) is 71.7 Å². The Bertz CT molecular complexity index is 3650. The van der Waals surface area contributed by atoms with E-state index < -0.39 is 23.9 Å². The van der Waals surface area contributed by atoms with Crippen molar-refractivity contribution in [2.45, 2.75) is 74.1 Å². The maximum absolute atomic E-state index is 7.42. The first-order valence-corrected chi connectivity index (χ1v) is 27.6. The minimum Gasteiger partial charge on any atom is -0.485 e. The lowest BCUT2D eigenvalue weighted by Crippen LogP contribution is -2.73. The van der Waals surface area contributed by atoms with Gasteiger partial charge in [-0.1, -0.05) is 69.6 Å². The summed E-state index contributed by atoms with van der Waals surface area (Å²) in [6.07, 6.45) is 11.6. The van der Waals surface area contributed by atoms with E-state index in [-0.39, 0.29) is 30.0 Å². The Morgan fingerprint density at radius 2 is 0.922 bits per heavy atom. The second-order valence-corrected chi connectivity index (χ2v) is 23.0. The van der Waals surface area contributed by atoms with Crippen molar-refractivity contribution in [2.75, 3.05) is 6.54 Å². The lowest BCUT2D eigenvalue weighted by molar-refractivity contribution is -0.0870. The summed E-state index contributed by atoms with van der Waals surface area (Å²) < 4.78 is 27.3. The highest BCUT2D eigenvalue weighted by Crippen LogP contribution is 2.59. The molecule has 3 aromatic heterocycles. The molecule has 3 unspecified atom stereocenters. The molecule has 6 aromatic carbocycles. The van der Waals surface area contributed by atoms with Crippen LogP contribution in [0.2, 0.25) is 30.1 Å². The van der Waals surface area contributed by atoms with Crippen LogP contribution in [0.25, 0.3) is 17.1 Å². The van der Waals surface area contributed by atoms with Gasteiger partial charge in [-0.3, -0.25) is 4.90 Å². The van der Waals surface area contributed by atoms with Crippen molar-refractivity contribution in [1.82, 2.24) is 54.5 Å². The van der Waals surface area contributed by atoms with Gasteiger partial charge in [0.1, 0.15) is 73.5 Å². The fraction of sp³-hybridized carbons (Fsp3) is 0.263. The smallest absolute Gasteiger partial charge is 0.140 e. The molecule has 77 heavy (non-hydrogen) atoms. The average molecular weight is 1140 g/mol. The molecule has 5 aliphatic rings. The van der Waals surface area contributed by atoms with Crippen LogP contribution >= 0.6 is 69.6 Å². The number of halogens is 6. The van der Waals surface area contributed by atoms with E-state index in [0.29, 0.717) is 73.2 Å². The second kappa shape index (κ2) is 19.6. The van der Waals surface area contributed by atoms with Crippen LogP contribution < -0.4 is 19.5 Å². The molecule has 14 nitrogen and oxygen atoms in total. The Hall–Kier alpha value is -6.20. The summed E-state index contributed by atoms with van der Waals surface area (Å²) in [6.45, 7) is 0.698. The van der Waals surface area contributed by atoms with Gasteiger partial charge in [0.25, 0.3) is 0 Å². The maximum Gasteiger partial charge on any atom is 0.140 e. The van der Waals surface area contributed by atoms with Crippen LogP contribution in [0.1, 0.15) is 64.5 Å². The van der Waals surface area contributed by atoms with Gasteiger partial charge in [-0.2, -0.15) is 15.3 Å². The van der Waals surface area contributed by atoms with Crippen LogP contribution in [0.4, 0.5) is 0 Å². The van der Waals surface area contributed by atoms with E-state index >= 15 is 0 Å². The Kier molecular flexibility index (Phi) is 12.5. The van der Waals surface area contributed by atoms with E-state index in [1.165, 1.54) is 19.0 Å². The number of piperazine rings is 1. The van der Waals surface area contributed by atoms with Crippen molar-refractivity contribution in [3.05, 3.63) is 211 Å². The van der Waals surface area contributed by atoms with Crippen molar-refractivity contribution in [3.63, 3.8) is 0 Å². The summed E-state index contributed by atoms with van der Waals surface area (Å²) >= 11 is 42.8. The zero-order valence-corrected chi connectivity index (χ0v) is 45.2. The molecule has 388 valence electrons. The minimum atomic E-state index is -0.648.